The smallest absolute Gasteiger partial charge is 0.170 e. The molecule has 102 valence electrons. The molecule has 0 aliphatic heterocycles. The second kappa shape index (κ2) is 4.64. The van der Waals surface area contributed by atoms with E-state index in [-0.39, 0.29) is 5.82 Å². The van der Waals surface area contributed by atoms with Crippen LogP contribution in [-0.2, 0) is 6.54 Å². The second-order valence-electron chi connectivity index (χ2n) is 5.82. The van der Waals surface area contributed by atoms with Crippen molar-refractivity contribution in [3.8, 4) is 0 Å². The van der Waals surface area contributed by atoms with Crippen LogP contribution in [0.4, 0.5) is 4.39 Å². The third-order valence-electron chi connectivity index (χ3n) is 3.77. The Labute approximate surface area is 113 Å². The van der Waals surface area contributed by atoms with Crippen molar-refractivity contribution in [2.45, 2.75) is 52.1 Å². The van der Waals surface area contributed by atoms with Crippen LogP contribution in [0, 0.1) is 12.7 Å². The van der Waals surface area contributed by atoms with Crippen LogP contribution in [0.5, 0.6) is 0 Å². The van der Waals surface area contributed by atoms with Gasteiger partial charge in [-0.05, 0) is 37.3 Å². The van der Waals surface area contributed by atoms with Crippen molar-refractivity contribution < 1.29 is 8.81 Å². The molecule has 0 radical (unpaired) electrons. The minimum absolute atomic E-state index is 0.252. The van der Waals surface area contributed by atoms with Crippen molar-refractivity contribution in [1.29, 1.82) is 0 Å². The fourth-order valence-electron chi connectivity index (χ4n) is 2.64. The van der Waals surface area contributed by atoms with Gasteiger partial charge in [-0.15, -0.1) is 0 Å². The Morgan fingerprint density at radius 3 is 2.74 bits per heavy atom. The van der Waals surface area contributed by atoms with E-state index in [1.807, 2.05) is 13.0 Å². The van der Waals surface area contributed by atoms with Crippen LogP contribution in [-0.4, -0.2) is 6.04 Å². The Morgan fingerprint density at radius 1 is 1.37 bits per heavy atom. The van der Waals surface area contributed by atoms with Crippen LogP contribution in [0.15, 0.2) is 16.5 Å². The molecule has 1 N–H and O–H groups in total. The highest BCUT2D eigenvalue weighted by Crippen LogP contribution is 2.47. The Balaban J connectivity index is 2.13. The first-order valence-electron chi connectivity index (χ1n) is 7.01. The molecule has 0 unspecified atom stereocenters. The van der Waals surface area contributed by atoms with E-state index in [0.29, 0.717) is 24.1 Å². The lowest BCUT2D eigenvalue weighted by Crippen LogP contribution is -2.22. The maximum atomic E-state index is 13.9. The van der Waals surface area contributed by atoms with Gasteiger partial charge in [-0.2, -0.15) is 0 Å². The fraction of sp³-hybridized carbons (Fsp3) is 0.500. The molecule has 3 rings (SSSR count). The SMILES string of the molecule is Cc1ccc(F)c2oc(CNC(C)C)c(C3CC3)c12. The molecule has 1 saturated carbocycles. The Morgan fingerprint density at radius 2 is 2.11 bits per heavy atom. The van der Waals surface area contributed by atoms with Crippen molar-refractivity contribution in [3.63, 3.8) is 0 Å². The van der Waals surface area contributed by atoms with E-state index in [0.717, 1.165) is 16.7 Å². The molecule has 1 aromatic heterocycles. The average molecular weight is 261 g/mol. The van der Waals surface area contributed by atoms with Crippen LogP contribution in [0.3, 0.4) is 0 Å². The maximum absolute atomic E-state index is 13.9. The highest BCUT2D eigenvalue weighted by molar-refractivity contribution is 5.87. The summed E-state index contributed by atoms with van der Waals surface area (Å²) < 4.78 is 19.8. The molecule has 1 fully saturated rings. The molecule has 1 aromatic carbocycles. The van der Waals surface area contributed by atoms with Crippen molar-refractivity contribution in [2.75, 3.05) is 0 Å². The lowest BCUT2D eigenvalue weighted by Gasteiger charge is -2.07. The summed E-state index contributed by atoms with van der Waals surface area (Å²) in [4.78, 5) is 0. The van der Waals surface area contributed by atoms with E-state index in [4.69, 9.17) is 4.42 Å². The van der Waals surface area contributed by atoms with Crippen LogP contribution >= 0.6 is 0 Å². The average Bonchev–Trinajstić information content (AvgIpc) is 3.12. The van der Waals surface area contributed by atoms with Gasteiger partial charge in [0.2, 0.25) is 0 Å². The summed E-state index contributed by atoms with van der Waals surface area (Å²) in [6.07, 6.45) is 2.39. The summed E-state index contributed by atoms with van der Waals surface area (Å²) in [6, 6.07) is 3.74. The van der Waals surface area contributed by atoms with E-state index in [1.54, 1.807) is 0 Å². The van der Waals surface area contributed by atoms with Gasteiger partial charge >= 0.3 is 0 Å². The monoisotopic (exact) mass is 261 g/mol. The number of hydrogen-bond acceptors (Lipinski definition) is 2. The maximum Gasteiger partial charge on any atom is 0.170 e. The van der Waals surface area contributed by atoms with Gasteiger partial charge < -0.3 is 9.73 Å². The van der Waals surface area contributed by atoms with E-state index in [1.165, 1.54) is 24.5 Å². The number of hydrogen-bond donors (Lipinski definition) is 1. The molecule has 1 aliphatic rings. The zero-order chi connectivity index (χ0) is 13.6. The summed E-state index contributed by atoms with van der Waals surface area (Å²) in [5, 5.41) is 4.37. The lowest BCUT2D eigenvalue weighted by atomic mass is 10.0. The molecule has 0 saturated heterocycles. The number of aryl methyl sites for hydroxylation is 1. The summed E-state index contributed by atoms with van der Waals surface area (Å²) in [5.74, 6) is 1.23. The zero-order valence-electron chi connectivity index (χ0n) is 11.7. The second-order valence-corrected chi connectivity index (χ2v) is 5.82. The molecule has 0 amide bonds. The lowest BCUT2D eigenvalue weighted by molar-refractivity contribution is 0.472. The van der Waals surface area contributed by atoms with Gasteiger partial charge in [0.25, 0.3) is 0 Å². The van der Waals surface area contributed by atoms with Crippen LogP contribution in [0.25, 0.3) is 11.0 Å². The van der Waals surface area contributed by atoms with Gasteiger partial charge in [0.1, 0.15) is 5.76 Å². The summed E-state index contributed by atoms with van der Waals surface area (Å²) in [6.45, 7) is 6.91. The zero-order valence-corrected chi connectivity index (χ0v) is 11.7. The quantitative estimate of drug-likeness (QED) is 0.889. The van der Waals surface area contributed by atoms with Gasteiger partial charge in [0.15, 0.2) is 11.4 Å². The van der Waals surface area contributed by atoms with Gasteiger partial charge in [-0.1, -0.05) is 19.9 Å². The first-order chi connectivity index (χ1) is 9.08. The van der Waals surface area contributed by atoms with Crippen LogP contribution in [0.2, 0.25) is 0 Å². The third kappa shape index (κ3) is 2.27. The molecule has 3 heteroatoms. The predicted octanol–water partition coefficient (Wildman–Crippen LogP) is 4.26. The highest BCUT2D eigenvalue weighted by atomic mass is 19.1. The number of benzene rings is 1. The number of rotatable bonds is 4. The first kappa shape index (κ1) is 12.7. The Hall–Kier alpha value is -1.35. The molecule has 0 spiro atoms. The minimum atomic E-state index is -0.252. The van der Waals surface area contributed by atoms with E-state index in [9.17, 15) is 4.39 Å². The van der Waals surface area contributed by atoms with E-state index < -0.39 is 0 Å². The van der Waals surface area contributed by atoms with E-state index >= 15 is 0 Å². The third-order valence-corrected chi connectivity index (χ3v) is 3.77. The molecular weight excluding hydrogens is 241 g/mol. The molecule has 0 bridgehead atoms. The molecule has 2 aromatic rings. The van der Waals surface area contributed by atoms with Crippen molar-refractivity contribution in [1.82, 2.24) is 5.32 Å². The van der Waals surface area contributed by atoms with Gasteiger partial charge in [-0.25, -0.2) is 4.39 Å². The first-order valence-corrected chi connectivity index (χ1v) is 7.01. The van der Waals surface area contributed by atoms with Gasteiger partial charge in [0.05, 0.1) is 6.54 Å². The fourth-order valence-corrected chi connectivity index (χ4v) is 2.64. The van der Waals surface area contributed by atoms with Gasteiger partial charge in [-0.3, -0.25) is 0 Å². The summed E-state index contributed by atoms with van der Waals surface area (Å²) >= 11 is 0. The number of halogens is 1. The molecule has 1 aliphatic carbocycles. The Kier molecular flexibility index (Phi) is 3.09. The summed E-state index contributed by atoms with van der Waals surface area (Å²) in [7, 11) is 0. The molecular formula is C16H20FNO. The normalized spacial score (nSPS) is 15.6. The van der Waals surface area contributed by atoms with Crippen LogP contribution < -0.4 is 5.32 Å². The number of nitrogens with one attached hydrogen (secondary N) is 1. The summed E-state index contributed by atoms with van der Waals surface area (Å²) in [5.41, 5.74) is 2.78. The molecule has 1 heterocycles. The predicted molar refractivity (Wildman–Crippen MR) is 74.9 cm³/mol. The van der Waals surface area contributed by atoms with Crippen LogP contribution in [0.1, 0.15) is 49.5 Å². The number of furan rings is 1. The molecule has 0 atom stereocenters. The van der Waals surface area contributed by atoms with E-state index in [2.05, 4.69) is 19.2 Å². The molecule has 2 nitrogen and oxygen atoms in total. The topological polar surface area (TPSA) is 25.2 Å². The number of fused-ring (bicyclic) bond motifs is 1. The van der Waals surface area contributed by atoms with Crippen molar-refractivity contribution >= 4 is 11.0 Å². The van der Waals surface area contributed by atoms with Crippen molar-refractivity contribution in [2.24, 2.45) is 0 Å². The minimum Gasteiger partial charge on any atom is -0.456 e. The molecule has 19 heavy (non-hydrogen) atoms. The van der Waals surface area contributed by atoms with Crippen molar-refractivity contribution in [3.05, 3.63) is 34.8 Å². The Bertz CT molecular complexity index is 611. The highest BCUT2D eigenvalue weighted by Gasteiger charge is 2.32. The van der Waals surface area contributed by atoms with Gasteiger partial charge in [0, 0.05) is 17.0 Å². The largest absolute Gasteiger partial charge is 0.456 e. The standard InChI is InChI=1S/C16H20FNO/c1-9(2)18-8-13-15(11-5-6-11)14-10(3)4-7-12(17)16(14)19-13/h4,7,9,11,18H,5-6,8H2,1-3H3.